The van der Waals surface area contributed by atoms with E-state index in [1.54, 1.807) is 0 Å². The Morgan fingerprint density at radius 1 is 0.407 bits per heavy atom. The van der Waals surface area contributed by atoms with E-state index in [4.69, 9.17) is 0 Å². The zero-order valence-electron chi connectivity index (χ0n) is 15.0. The van der Waals surface area contributed by atoms with Crippen LogP contribution < -0.4 is 15.9 Å². The summed E-state index contributed by atoms with van der Waals surface area (Å²) in [6.45, 7) is 3.72. The van der Waals surface area contributed by atoms with Crippen LogP contribution in [0, 0.1) is 6.92 Å². The van der Waals surface area contributed by atoms with E-state index < -0.39 is 7.92 Å². The van der Waals surface area contributed by atoms with Gasteiger partial charge in [0.15, 0.2) is 0 Å². The van der Waals surface area contributed by atoms with Crippen LogP contribution in [0.15, 0.2) is 121 Å². The van der Waals surface area contributed by atoms with Crippen molar-refractivity contribution in [3.05, 3.63) is 134 Å². The molecule has 0 aromatic heterocycles. The fourth-order valence-corrected chi connectivity index (χ4v) is 4.96. The van der Waals surface area contributed by atoms with E-state index in [-0.39, 0.29) is 22.4 Å². The molecule has 0 spiro atoms. The van der Waals surface area contributed by atoms with Gasteiger partial charge in [-0.1, -0.05) is 97.1 Å². The van der Waals surface area contributed by atoms with Crippen LogP contribution >= 0.6 is 7.92 Å². The van der Waals surface area contributed by atoms with Gasteiger partial charge in [-0.25, -0.2) is 0 Å². The van der Waals surface area contributed by atoms with Gasteiger partial charge in [-0.3, -0.25) is 0 Å². The molecule has 0 radical (unpaired) electrons. The van der Waals surface area contributed by atoms with E-state index in [1.807, 2.05) is 30.3 Å². The van der Waals surface area contributed by atoms with Crippen molar-refractivity contribution in [1.82, 2.24) is 0 Å². The summed E-state index contributed by atoms with van der Waals surface area (Å²) < 4.78 is 0. The molecule has 2 heteroatoms. The first-order valence-corrected chi connectivity index (χ1v) is 10.0. The van der Waals surface area contributed by atoms with Crippen LogP contribution in [0.1, 0.15) is 5.56 Å². The molecule has 0 saturated carbocycles. The Morgan fingerprint density at radius 2 is 0.667 bits per heavy atom. The summed E-state index contributed by atoms with van der Waals surface area (Å²) >= 11 is 0. The van der Waals surface area contributed by atoms with E-state index >= 15 is 0 Å². The Balaban J connectivity index is 0.000000278. The summed E-state index contributed by atoms with van der Waals surface area (Å²) in [7, 11) is -0.446. The second-order valence-corrected chi connectivity index (χ2v) is 8.05. The molecule has 0 fully saturated rings. The number of hydrogen-bond donors (Lipinski definition) is 0. The van der Waals surface area contributed by atoms with Crippen molar-refractivity contribution in [2.24, 2.45) is 0 Å². The van der Waals surface area contributed by atoms with E-state index in [9.17, 15) is 0 Å². The molecule has 0 heterocycles. The summed E-state index contributed by atoms with van der Waals surface area (Å²) in [5, 5.41) is 4.19. The maximum absolute atomic E-state index is 3.72. The summed E-state index contributed by atoms with van der Waals surface area (Å²) in [4.78, 5) is 0. The molecular formula is C25H22AuP. The molecule has 4 aromatic rings. The van der Waals surface area contributed by atoms with Crippen molar-refractivity contribution in [3.63, 3.8) is 0 Å². The van der Waals surface area contributed by atoms with Crippen molar-refractivity contribution in [3.8, 4) is 0 Å². The van der Waals surface area contributed by atoms with Crippen LogP contribution in [0.25, 0.3) is 0 Å². The van der Waals surface area contributed by atoms with Crippen molar-refractivity contribution in [1.29, 1.82) is 0 Å². The van der Waals surface area contributed by atoms with Gasteiger partial charge < -0.3 is 0 Å². The van der Waals surface area contributed by atoms with Gasteiger partial charge in [0.25, 0.3) is 0 Å². The third-order valence-corrected chi connectivity index (χ3v) is 6.33. The van der Waals surface area contributed by atoms with Crippen molar-refractivity contribution >= 4 is 23.8 Å². The number of rotatable bonds is 3. The Morgan fingerprint density at radius 3 is 0.889 bits per heavy atom. The van der Waals surface area contributed by atoms with Crippen LogP contribution in [-0.4, -0.2) is 0 Å². The summed E-state index contributed by atoms with van der Waals surface area (Å²) in [6.07, 6.45) is 0. The van der Waals surface area contributed by atoms with Crippen LogP contribution in [0.2, 0.25) is 0 Å². The fourth-order valence-electron chi connectivity index (χ4n) is 2.66. The molecule has 0 N–H and O–H groups in total. The van der Waals surface area contributed by atoms with Crippen LogP contribution in [-0.2, 0) is 22.4 Å². The third kappa shape index (κ3) is 6.54. The molecule has 0 aliphatic heterocycles. The van der Waals surface area contributed by atoms with Gasteiger partial charge in [0, 0.05) is 0 Å². The second-order valence-electron chi connectivity index (χ2n) is 5.83. The Bertz CT molecular complexity index is 784. The molecule has 0 aliphatic rings. The SMILES string of the molecule is [Au+].[CH2-]c1ccccc1.c1ccc(P(c2ccccc2)c2ccccc2)cc1. The summed E-state index contributed by atoms with van der Waals surface area (Å²) in [5.41, 5.74) is 1.07. The predicted molar refractivity (Wildman–Crippen MR) is 116 cm³/mol. The Hall–Kier alpha value is -2.08. The average molecular weight is 550 g/mol. The van der Waals surface area contributed by atoms with Gasteiger partial charge >= 0.3 is 22.4 Å². The van der Waals surface area contributed by atoms with E-state index in [0.29, 0.717) is 0 Å². The molecule has 0 saturated heterocycles. The maximum Gasteiger partial charge on any atom is 1.00 e. The predicted octanol–water partition coefficient (Wildman–Crippen LogP) is 5.31. The molecule has 0 atom stereocenters. The number of benzene rings is 4. The minimum atomic E-state index is -0.446. The van der Waals surface area contributed by atoms with E-state index in [1.165, 1.54) is 15.9 Å². The molecule has 0 aliphatic carbocycles. The molecule has 27 heavy (non-hydrogen) atoms. The molecule has 138 valence electrons. The zero-order chi connectivity index (χ0) is 18.0. The quantitative estimate of drug-likeness (QED) is 0.184. The average Bonchev–Trinajstić information content (AvgIpc) is 2.72. The molecular weight excluding hydrogens is 528 g/mol. The fraction of sp³-hybridized carbons (Fsp3) is 0. The Labute approximate surface area is 179 Å². The number of hydrogen-bond acceptors (Lipinski definition) is 0. The molecule has 0 amide bonds. The summed E-state index contributed by atoms with van der Waals surface area (Å²) in [6, 6.07) is 42.2. The smallest absolute Gasteiger partial charge is 0.199 e. The van der Waals surface area contributed by atoms with Gasteiger partial charge in [-0.15, -0.1) is 12.1 Å². The first-order valence-electron chi connectivity index (χ1n) is 8.67. The van der Waals surface area contributed by atoms with Gasteiger partial charge in [0.2, 0.25) is 0 Å². The minimum absolute atomic E-state index is 0. The van der Waals surface area contributed by atoms with Gasteiger partial charge in [0.05, 0.1) is 0 Å². The molecule has 0 unspecified atom stereocenters. The topological polar surface area (TPSA) is 0 Å². The molecule has 4 rings (SSSR count). The third-order valence-electron chi connectivity index (χ3n) is 3.89. The second kappa shape index (κ2) is 11.6. The molecule has 4 aromatic carbocycles. The van der Waals surface area contributed by atoms with Crippen LogP contribution in [0.5, 0.6) is 0 Å². The monoisotopic (exact) mass is 550 g/mol. The minimum Gasteiger partial charge on any atom is -0.199 e. The summed E-state index contributed by atoms with van der Waals surface area (Å²) in [5.74, 6) is 0. The first kappa shape index (κ1) is 21.2. The van der Waals surface area contributed by atoms with Crippen molar-refractivity contribution < 1.29 is 22.4 Å². The Kier molecular flexibility index (Phi) is 9.11. The standard InChI is InChI=1S/C18H15P.C7H7.Au/c1-4-10-16(11-5-1)19(17-12-6-2-7-13-17)18-14-8-3-9-15-18;1-7-5-3-2-4-6-7;/h1-15H;2-6H,1H2;/q;-1;+1. The van der Waals surface area contributed by atoms with Crippen LogP contribution in [0.3, 0.4) is 0 Å². The van der Waals surface area contributed by atoms with E-state index in [0.717, 1.165) is 5.56 Å². The normalized spacial score (nSPS) is 9.67. The molecule has 0 nitrogen and oxygen atoms in total. The van der Waals surface area contributed by atoms with Gasteiger partial charge in [0.1, 0.15) is 0 Å². The zero-order valence-corrected chi connectivity index (χ0v) is 18.1. The van der Waals surface area contributed by atoms with Crippen LogP contribution in [0.4, 0.5) is 0 Å². The van der Waals surface area contributed by atoms with Crippen molar-refractivity contribution in [2.45, 2.75) is 0 Å². The first-order chi connectivity index (χ1) is 12.8. The van der Waals surface area contributed by atoms with Gasteiger partial charge in [-0.2, -0.15) is 24.6 Å². The van der Waals surface area contributed by atoms with Gasteiger partial charge in [-0.05, 0) is 23.8 Å². The van der Waals surface area contributed by atoms with Crippen molar-refractivity contribution in [2.75, 3.05) is 0 Å². The van der Waals surface area contributed by atoms with E-state index in [2.05, 4.69) is 97.9 Å². The maximum atomic E-state index is 3.72. The molecule has 0 bridgehead atoms. The largest absolute Gasteiger partial charge is 1.00 e.